The van der Waals surface area contributed by atoms with Gasteiger partial charge in [-0.25, -0.2) is 0 Å². The van der Waals surface area contributed by atoms with Crippen LogP contribution < -0.4 is 0 Å². The van der Waals surface area contributed by atoms with Crippen molar-refractivity contribution in [1.82, 2.24) is 4.90 Å². The van der Waals surface area contributed by atoms with Gasteiger partial charge in [0.1, 0.15) is 0 Å². The molecular formula is C17H31NO2. The van der Waals surface area contributed by atoms with Crippen molar-refractivity contribution in [2.45, 2.75) is 77.8 Å². The molecule has 2 aliphatic carbocycles. The van der Waals surface area contributed by atoms with Crippen molar-refractivity contribution in [1.29, 1.82) is 0 Å². The quantitative estimate of drug-likeness (QED) is 0.772. The minimum absolute atomic E-state index is 0.137. The smallest absolute Gasteiger partial charge is 0.308 e. The van der Waals surface area contributed by atoms with Crippen LogP contribution in [0.25, 0.3) is 0 Å². The predicted molar refractivity (Wildman–Crippen MR) is 81.7 cm³/mol. The zero-order chi connectivity index (χ0) is 14.7. The first-order valence-electron chi connectivity index (χ1n) is 8.51. The van der Waals surface area contributed by atoms with Gasteiger partial charge in [0.15, 0.2) is 0 Å². The van der Waals surface area contributed by atoms with E-state index in [9.17, 15) is 9.90 Å². The number of rotatable bonds is 7. The summed E-state index contributed by atoms with van der Waals surface area (Å²) in [7, 11) is 0. The van der Waals surface area contributed by atoms with Crippen molar-refractivity contribution in [2.24, 2.45) is 17.8 Å². The molecule has 0 heterocycles. The average Bonchev–Trinajstić information content (AvgIpc) is 3.20. The highest BCUT2D eigenvalue weighted by molar-refractivity contribution is 5.71. The number of aliphatic carboxylic acids is 1. The molecule has 2 fully saturated rings. The Morgan fingerprint density at radius 2 is 1.95 bits per heavy atom. The monoisotopic (exact) mass is 281 g/mol. The molecular weight excluding hydrogens is 250 g/mol. The number of carboxylic acids is 1. The normalized spacial score (nSPS) is 30.9. The molecule has 0 aromatic rings. The molecule has 2 aliphatic rings. The van der Waals surface area contributed by atoms with Gasteiger partial charge in [-0.05, 0) is 43.9 Å². The van der Waals surface area contributed by atoms with Gasteiger partial charge >= 0.3 is 5.97 Å². The van der Waals surface area contributed by atoms with Crippen LogP contribution in [0.5, 0.6) is 0 Å². The van der Waals surface area contributed by atoms with Gasteiger partial charge in [-0.2, -0.15) is 0 Å². The lowest BCUT2D eigenvalue weighted by Gasteiger charge is -2.42. The third kappa shape index (κ3) is 3.97. The van der Waals surface area contributed by atoms with Crippen LogP contribution in [-0.2, 0) is 4.79 Å². The van der Waals surface area contributed by atoms with Gasteiger partial charge in [-0.1, -0.05) is 33.6 Å². The van der Waals surface area contributed by atoms with E-state index in [0.29, 0.717) is 12.0 Å². The van der Waals surface area contributed by atoms with E-state index in [1.54, 1.807) is 0 Å². The Hall–Kier alpha value is -0.570. The Labute approximate surface area is 123 Å². The number of nitrogens with zero attached hydrogens (tertiary/aromatic N) is 1. The molecule has 0 spiro atoms. The Balaban J connectivity index is 2.09. The van der Waals surface area contributed by atoms with Crippen LogP contribution in [-0.4, -0.2) is 34.6 Å². The van der Waals surface area contributed by atoms with Crippen LogP contribution in [0.1, 0.15) is 65.7 Å². The fourth-order valence-corrected chi connectivity index (χ4v) is 3.94. The van der Waals surface area contributed by atoms with Crippen molar-refractivity contribution in [3.8, 4) is 0 Å². The summed E-state index contributed by atoms with van der Waals surface area (Å²) in [6, 6.07) is 0.956. The predicted octanol–water partition coefficient (Wildman–Crippen LogP) is 3.78. The summed E-state index contributed by atoms with van der Waals surface area (Å²) in [5.41, 5.74) is 0. The molecule has 0 aromatic carbocycles. The molecule has 0 saturated heterocycles. The maximum Gasteiger partial charge on any atom is 0.308 e. The van der Waals surface area contributed by atoms with Crippen molar-refractivity contribution in [3.63, 3.8) is 0 Å². The minimum atomic E-state index is -0.570. The van der Waals surface area contributed by atoms with Crippen LogP contribution in [0.3, 0.4) is 0 Å². The zero-order valence-electron chi connectivity index (χ0n) is 13.3. The molecule has 0 radical (unpaired) electrons. The largest absolute Gasteiger partial charge is 0.481 e. The summed E-state index contributed by atoms with van der Waals surface area (Å²) >= 11 is 0. The van der Waals surface area contributed by atoms with Gasteiger partial charge < -0.3 is 5.11 Å². The van der Waals surface area contributed by atoms with Gasteiger partial charge in [0.05, 0.1) is 5.92 Å². The van der Waals surface area contributed by atoms with E-state index in [-0.39, 0.29) is 12.0 Å². The topological polar surface area (TPSA) is 40.5 Å². The SMILES string of the molecule is CCCC1CCC(C(=O)O)C(N(CC(C)C)C2CC2)C1. The summed E-state index contributed by atoms with van der Waals surface area (Å²) in [4.78, 5) is 14.2. The lowest BCUT2D eigenvalue weighted by Crippen LogP contribution is -2.49. The van der Waals surface area contributed by atoms with E-state index in [1.165, 1.54) is 25.7 Å². The Bertz CT molecular complexity index is 325. The van der Waals surface area contributed by atoms with E-state index in [0.717, 1.165) is 31.7 Å². The molecule has 20 heavy (non-hydrogen) atoms. The fraction of sp³-hybridized carbons (Fsp3) is 0.941. The van der Waals surface area contributed by atoms with Gasteiger partial charge in [-0.15, -0.1) is 0 Å². The lowest BCUT2D eigenvalue weighted by molar-refractivity contribution is -0.146. The maximum absolute atomic E-state index is 11.6. The molecule has 3 atom stereocenters. The third-order valence-electron chi connectivity index (χ3n) is 4.96. The number of carbonyl (C=O) groups is 1. The van der Waals surface area contributed by atoms with Crippen LogP contribution in [0.4, 0.5) is 0 Å². The van der Waals surface area contributed by atoms with E-state index in [1.807, 2.05) is 0 Å². The van der Waals surface area contributed by atoms with Gasteiger partial charge in [-0.3, -0.25) is 9.69 Å². The molecule has 1 N–H and O–H groups in total. The Morgan fingerprint density at radius 1 is 1.25 bits per heavy atom. The van der Waals surface area contributed by atoms with Gasteiger partial charge in [0.25, 0.3) is 0 Å². The number of carboxylic acid groups (broad SMARTS) is 1. The van der Waals surface area contributed by atoms with E-state index in [4.69, 9.17) is 0 Å². The molecule has 0 aliphatic heterocycles. The van der Waals surface area contributed by atoms with Crippen LogP contribution in [0, 0.1) is 17.8 Å². The summed E-state index contributed by atoms with van der Waals surface area (Å²) in [6.45, 7) is 7.80. The third-order valence-corrected chi connectivity index (χ3v) is 4.96. The van der Waals surface area contributed by atoms with Gasteiger partial charge in [0.2, 0.25) is 0 Å². The minimum Gasteiger partial charge on any atom is -0.481 e. The first-order valence-corrected chi connectivity index (χ1v) is 8.51. The van der Waals surface area contributed by atoms with Crippen LogP contribution in [0.15, 0.2) is 0 Å². The molecule has 0 amide bonds. The van der Waals surface area contributed by atoms with Crippen molar-refractivity contribution in [2.75, 3.05) is 6.54 Å². The second kappa shape index (κ2) is 6.93. The average molecular weight is 281 g/mol. The highest BCUT2D eigenvalue weighted by atomic mass is 16.4. The van der Waals surface area contributed by atoms with E-state index < -0.39 is 5.97 Å². The summed E-state index contributed by atoms with van der Waals surface area (Å²) in [5, 5.41) is 9.58. The first kappa shape index (κ1) is 15.8. The van der Waals surface area contributed by atoms with E-state index in [2.05, 4.69) is 25.7 Å². The summed E-state index contributed by atoms with van der Waals surface area (Å²) in [6.07, 6.45) is 8.13. The molecule has 3 nitrogen and oxygen atoms in total. The van der Waals surface area contributed by atoms with Crippen molar-refractivity contribution in [3.05, 3.63) is 0 Å². The number of hydrogen-bond acceptors (Lipinski definition) is 2. The molecule has 2 rings (SSSR count). The lowest BCUT2D eigenvalue weighted by atomic mass is 9.75. The molecule has 3 unspecified atom stereocenters. The molecule has 3 heteroatoms. The molecule has 116 valence electrons. The standard InChI is InChI=1S/C17H31NO2/c1-4-5-13-6-9-15(17(19)20)16(10-13)18(11-12(2)3)14-7-8-14/h12-16H,4-11H2,1-3H3,(H,19,20). The number of hydrogen-bond donors (Lipinski definition) is 1. The Kier molecular flexibility index (Phi) is 5.48. The highest BCUT2D eigenvalue weighted by Crippen LogP contribution is 2.40. The van der Waals surface area contributed by atoms with Crippen LogP contribution >= 0.6 is 0 Å². The molecule has 0 aromatic heterocycles. The second-order valence-electron chi connectivity index (χ2n) is 7.30. The Morgan fingerprint density at radius 3 is 2.45 bits per heavy atom. The van der Waals surface area contributed by atoms with Crippen molar-refractivity contribution < 1.29 is 9.90 Å². The molecule has 0 bridgehead atoms. The van der Waals surface area contributed by atoms with Crippen LogP contribution in [0.2, 0.25) is 0 Å². The van der Waals surface area contributed by atoms with Gasteiger partial charge in [0, 0.05) is 18.6 Å². The molecule has 2 saturated carbocycles. The summed E-state index contributed by atoms with van der Waals surface area (Å²) in [5.74, 6) is 0.660. The zero-order valence-corrected chi connectivity index (χ0v) is 13.3. The second-order valence-corrected chi connectivity index (χ2v) is 7.30. The highest BCUT2D eigenvalue weighted by Gasteiger charge is 2.43. The van der Waals surface area contributed by atoms with Crippen molar-refractivity contribution >= 4 is 5.97 Å². The van der Waals surface area contributed by atoms with E-state index >= 15 is 0 Å². The summed E-state index contributed by atoms with van der Waals surface area (Å²) < 4.78 is 0. The fourth-order valence-electron chi connectivity index (χ4n) is 3.94. The maximum atomic E-state index is 11.6. The first-order chi connectivity index (χ1) is 9.52.